The van der Waals surface area contributed by atoms with Crippen molar-refractivity contribution in [2.24, 2.45) is 0 Å². The van der Waals surface area contributed by atoms with Crippen LogP contribution in [0.25, 0.3) is 0 Å². The van der Waals surface area contributed by atoms with Gasteiger partial charge in [0.1, 0.15) is 5.60 Å². The average molecular weight is 232 g/mol. The molecular formula is C12H24O4. The summed E-state index contributed by atoms with van der Waals surface area (Å²) in [6.07, 6.45) is 4.27. The Bertz CT molecular complexity index is 189. The number of hydrogen-bond donors (Lipinski definition) is 0. The molecule has 0 spiro atoms. The molecule has 0 aliphatic carbocycles. The molecule has 0 radical (unpaired) electrons. The minimum absolute atomic E-state index is 0.360. The largest absolute Gasteiger partial charge is 0.540 e. The van der Waals surface area contributed by atoms with Gasteiger partial charge in [-0.05, 0) is 26.7 Å². The van der Waals surface area contributed by atoms with Crippen LogP contribution in [-0.2, 0) is 14.5 Å². The van der Waals surface area contributed by atoms with Crippen molar-refractivity contribution >= 4 is 6.16 Å². The van der Waals surface area contributed by atoms with E-state index in [9.17, 15) is 4.79 Å². The molecular weight excluding hydrogens is 208 g/mol. The standard InChI is InChI=1S/C12H24O4/c1-5-7-8-9-12(3,4)16-15-11(13)14-10-6-2/h5-10H2,1-4H3. The van der Waals surface area contributed by atoms with Crippen LogP contribution in [0.2, 0.25) is 0 Å². The highest BCUT2D eigenvalue weighted by atomic mass is 17.2. The van der Waals surface area contributed by atoms with E-state index in [1.54, 1.807) is 0 Å². The van der Waals surface area contributed by atoms with Crippen LogP contribution in [0.3, 0.4) is 0 Å². The Hall–Kier alpha value is -0.770. The third-order valence-electron chi connectivity index (χ3n) is 2.14. The maximum Gasteiger partial charge on any atom is 0.540 e. The van der Waals surface area contributed by atoms with E-state index >= 15 is 0 Å². The molecule has 0 bridgehead atoms. The monoisotopic (exact) mass is 232 g/mol. The zero-order valence-electron chi connectivity index (χ0n) is 10.9. The van der Waals surface area contributed by atoms with E-state index < -0.39 is 11.8 Å². The normalized spacial score (nSPS) is 11.2. The summed E-state index contributed by atoms with van der Waals surface area (Å²) in [7, 11) is 0. The van der Waals surface area contributed by atoms with Gasteiger partial charge in [-0.25, -0.2) is 4.79 Å². The lowest BCUT2D eigenvalue weighted by Crippen LogP contribution is -2.26. The number of rotatable bonds is 8. The number of hydrogen-bond acceptors (Lipinski definition) is 4. The number of unbranched alkanes of at least 4 members (excludes halogenated alkanes) is 2. The molecule has 16 heavy (non-hydrogen) atoms. The van der Waals surface area contributed by atoms with Crippen LogP contribution in [0.15, 0.2) is 0 Å². The second kappa shape index (κ2) is 8.39. The van der Waals surface area contributed by atoms with Crippen molar-refractivity contribution in [3.05, 3.63) is 0 Å². The van der Waals surface area contributed by atoms with E-state index in [1.807, 2.05) is 20.8 Å². The van der Waals surface area contributed by atoms with E-state index in [0.29, 0.717) is 6.61 Å². The lowest BCUT2D eigenvalue weighted by atomic mass is 10.0. The van der Waals surface area contributed by atoms with Gasteiger partial charge < -0.3 is 4.74 Å². The Kier molecular flexibility index (Phi) is 7.99. The van der Waals surface area contributed by atoms with Gasteiger partial charge in [0.2, 0.25) is 0 Å². The maximum atomic E-state index is 11.0. The van der Waals surface area contributed by atoms with E-state index in [2.05, 4.69) is 11.8 Å². The Morgan fingerprint density at radius 3 is 2.38 bits per heavy atom. The highest BCUT2D eigenvalue weighted by Crippen LogP contribution is 2.19. The Morgan fingerprint density at radius 1 is 1.12 bits per heavy atom. The Balaban J connectivity index is 3.67. The highest BCUT2D eigenvalue weighted by Gasteiger charge is 2.22. The van der Waals surface area contributed by atoms with Gasteiger partial charge in [-0.1, -0.05) is 33.1 Å². The summed E-state index contributed by atoms with van der Waals surface area (Å²) in [4.78, 5) is 20.6. The molecule has 0 atom stereocenters. The van der Waals surface area contributed by atoms with Crippen molar-refractivity contribution in [3.63, 3.8) is 0 Å². The molecule has 0 heterocycles. The fourth-order valence-corrected chi connectivity index (χ4v) is 1.20. The molecule has 4 heteroatoms. The first-order chi connectivity index (χ1) is 7.52. The Labute approximate surface area is 98.2 Å². The van der Waals surface area contributed by atoms with Gasteiger partial charge in [-0.2, -0.15) is 4.89 Å². The third-order valence-corrected chi connectivity index (χ3v) is 2.14. The number of carbonyl (C=O) groups is 1. The van der Waals surface area contributed by atoms with Crippen LogP contribution in [0.1, 0.15) is 59.8 Å². The van der Waals surface area contributed by atoms with Crippen molar-refractivity contribution in [1.29, 1.82) is 0 Å². The molecule has 4 nitrogen and oxygen atoms in total. The molecule has 0 aromatic rings. The molecule has 0 aliphatic heterocycles. The zero-order chi connectivity index (χ0) is 12.4. The average Bonchev–Trinajstić information content (AvgIpc) is 2.24. The van der Waals surface area contributed by atoms with Crippen LogP contribution >= 0.6 is 0 Å². The van der Waals surface area contributed by atoms with Gasteiger partial charge in [0.15, 0.2) is 0 Å². The second-order valence-corrected chi connectivity index (χ2v) is 4.48. The van der Waals surface area contributed by atoms with Crippen LogP contribution in [0.5, 0.6) is 0 Å². The van der Waals surface area contributed by atoms with Crippen molar-refractivity contribution < 1.29 is 19.3 Å². The maximum absolute atomic E-state index is 11.0. The summed E-state index contributed by atoms with van der Waals surface area (Å²) in [5.74, 6) is 0. The zero-order valence-corrected chi connectivity index (χ0v) is 10.9. The SMILES string of the molecule is CCCCCC(C)(C)OOC(=O)OCCC. The van der Waals surface area contributed by atoms with Crippen molar-refractivity contribution in [3.8, 4) is 0 Å². The van der Waals surface area contributed by atoms with Crippen molar-refractivity contribution in [2.75, 3.05) is 6.61 Å². The minimum Gasteiger partial charge on any atom is -0.432 e. The lowest BCUT2D eigenvalue weighted by molar-refractivity contribution is -0.318. The molecule has 0 aromatic heterocycles. The first-order valence-corrected chi connectivity index (χ1v) is 6.04. The van der Waals surface area contributed by atoms with Gasteiger partial charge >= 0.3 is 6.16 Å². The van der Waals surface area contributed by atoms with E-state index in [-0.39, 0.29) is 0 Å². The first-order valence-electron chi connectivity index (χ1n) is 6.04. The minimum atomic E-state index is -0.759. The molecule has 0 unspecified atom stereocenters. The van der Waals surface area contributed by atoms with E-state index in [0.717, 1.165) is 32.1 Å². The van der Waals surface area contributed by atoms with Crippen LogP contribution < -0.4 is 0 Å². The molecule has 0 saturated heterocycles. The predicted molar refractivity (Wildman–Crippen MR) is 62.0 cm³/mol. The summed E-state index contributed by atoms with van der Waals surface area (Å²) in [5, 5.41) is 0. The molecule has 0 fully saturated rings. The number of carbonyl (C=O) groups excluding carboxylic acids is 1. The first kappa shape index (κ1) is 15.2. The van der Waals surface area contributed by atoms with Crippen LogP contribution in [0, 0.1) is 0 Å². The van der Waals surface area contributed by atoms with Crippen LogP contribution in [0.4, 0.5) is 4.79 Å². The molecule has 0 saturated carbocycles. The summed E-state index contributed by atoms with van der Waals surface area (Å²) >= 11 is 0. The fourth-order valence-electron chi connectivity index (χ4n) is 1.20. The summed E-state index contributed by atoms with van der Waals surface area (Å²) in [6.45, 7) is 8.22. The van der Waals surface area contributed by atoms with Crippen LogP contribution in [-0.4, -0.2) is 18.4 Å². The molecule has 0 aromatic carbocycles. The summed E-state index contributed by atoms with van der Waals surface area (Å²) in [6, 6.07) is 0. The highest BCUT2D eigenvalue weighted by molar-refractivity contribution is 5.58. The quantitative estimate of drug-likeness (QED) is 0.276. The van der Waals surface area contributed by atoms with Gasteiger partial charge in [0.05, 0.1) is 6.61 Å². The Morgan fingerprint density at radius 2 is 1.81 bits per heavy atom. The molecule has 0 aliphatic rings. The van der Waals surface area contributed by atoms with Crippen molar-refractivity contribution in [1.82, 2.24) is 0 Å². The van der Waals surface area contributed by atoms with Crippen molar-refractivity contribution in [2.45, 2.75) is 65.4 Å². The van der Waals surface area contributed by atoms with Gasteiger partial charge in [0, 0.05) is 0 Å². The molecule has 0 rings (SSSR count). The predicted octanol–water partition coefficient (Wildman–Crippen LogP) is 3.84. The topological polar surface area (TPSA) is 44.8 Å². The lowest BCUT2D eigenvalue weighted by Gasteiger charge is -2.22. The summed E-state index contributed by atoms with van der Waals surface area (Å²) < 4.78 is 4.73. The van der Waals surface area contributed by atoms with Gasteiger partial charge in [-0.15, -0.1) is 0 Å². The second-order valence-electron chi connectivity index (χ2n) is 4.48. The van der Waals surface area contributed by atoms with E-state index in [1.165, 1.54) is 0 Å². The van der Waals surface area contributed by atoms with Gasteiger partial charge in [-0.3, -0.25) is 4.89 Å². The smallest absolute Gasteiger partial charge is 0.432 e. The van der Waals surface area contributed by atoms with E-state index in [4.69, 9.17) is 9.62 Å². The number of ether oxygens (including phenoxy) is 1. The molecule has 96 valence electrons. The third kappa shape index (κ3) is 8.53. The summed E-state index contributed by atoms with van der Waals surface area (Å²) in [5.41, 5.74) is -0.444. The molecule has 0 amide bonds. The van der Waals surface area contributed by atoms with Gasteiger partial charge in [0.25, 0.3) is 0 Å². The molecule has 0 N–H and O–H groups in total. The fraction of sp³-hybridized carbons (Fsp3) is 0.917.